The number of nitrogens with zero attached hydrogens (tertiary/aromatic N) is 1. The van der Waals surface area contributed by atoms with Gasteiger partial charge in [0, 0.05) is 13.0 Å². The van der Waals surface area contributed by atoms with E-state index in [0.717, 1.165) is 13.0 Å². The second-order valence-electron chi connectivity index (χ2n) is 11.5. The van der Waals surface area contributed by atoms with Crippen LogP contribution in [0.4, 0.5) is 0 Å². The Morgan fingerprint density at radius 3 is 1.23 bits per heavy atom. The molecule has 0 aliphatic carbocycles. The number of hydrogen-bond donors (Lipinski definition) is 0. The summed E-state index contributed by atoms with van der Waals surface area (Å²) < 4.78 is 31.3. The first-order valence-corrected chi connectivity index (χ1v) is 27.5. The Kier molecular flexibility index (Phi) is 12.8. The molecule has 0 aromatic rings. The first kappa shape index (κ1) is 31.3. The van der Waals surface area contributed by atoms with Crippen molar-refractivity contribution in [2.24, 2.45) is 0 Å². The fraction of sp³-hybridized carbons (Fsp3) is 0.833. The molecule has 0 radical (unpaired) electrons. The van der Waals surface area contributed by atoms with Crippen LogP contribution in [0.1, 0.15) is 12.8 Å². The van der Waals surface area contributed by atoms with E-state index in [4.69, 9.17) is 20.6 Å². The molecule has 31 heavy (non-hydrogen) atoms. The highest BCUT2D eigenvalue weighted by atomic mass is 28.5. The van der Waals surface area contributed by atoms with Gasteiger partial charge >= 0.3 is 19.1 Å². The molecule has 0 aromatic heterocycles. The van der Waals surface area contributed by atoms with Crippen LogP contribution in [0.25, 0.3) is 0 Å². The van der Waals surface area contributed by atoms with Crippen LogP contribution in [0.2, 0.25) is 78.6 Å². The molecule has 13 heteroatoms. The lowest BCUT2D eigenvalue weighted by Crippen LogP contribution is -2.52. The Morgan fingerprint density at radius 1 is 0.742 bits per heavy atom. The highest BCUT2D eigenvalue weighted by molar-refractivity contribution is 6.83. The smallest absolute Gasteiger partial charge is 0.419 e. The van der Waals surface area contributed by atoms with Gasteiger partial charge in [-0.25, -0.2) is 0 Å². The molecule has 1 amide bonds. The van der Waals surface area contributed by atoms with Crippen molar-refractivity contribution in [2.75, 3.05) is 6.54 Å². The molecule has 0 saturated carbocycles. The summed E-state index contributed by atoms with van der Waals surface area (Å²) in [4.78, 5) is 12.3. The molecule has 1 fully saturated rings. The number of hydrogen-bond acceptors (Lipinski definition) is 6. The molecule has 1 rings (SSSR count). The number of amides is 1. The Labute approximate surface area is 198 Å². The molecule has 1 saturated heterocycles. The third-order valence-corrected chi connectivity index (χ3v) is 19.5. The predicted molar refractivity (Wildman–Crippen MR) is 144 cm³/mol. The lowest BCUT2D eigenvalue weighted by molar-refractivity contribution is -0.125. The van der Waals surface area contributed by atoms with E-state index in [9.17, 15) is 4.79 Å². The Bertz CT molecular complexity index is 502. The third kappa shape index (κ3) is 18.4. The van der Waals surface area contributed by atoms with E-state index in [-0.39, 0.29) is 5.91 Å². The SMILES string of the molecule is C=CN1CCCC1=O.C[Si](C)(C)O[SiH](O[SiH](O[Si](C)(C)C)O[Si](C)(C)C)O[Si](C)(C)C. The van der Waals surface area contributed by atoms with E-state index >= 15 is 0 Å². The topological polar surface area (TPSA) is 66.5 Å². The van der Waals surface area contributed by atoms with Gasteiger partial charge in [0.05, 0.1) is 0 Å². The highest BCUT2D eigenvalue weighted by Crippen LogP contribution is 2.18. The van der Waals surface area contributed by atoms with E-state index < -0.39 is 52.3 Å². The second kappa shape index (κ2) is 12.7. The maximum absolute atomic E-state index is 10.7. The minimum atomic E-state index is -2.24. The van der Waals surface area contributed by atoms with Gasteiger partial charge in [-0.15, -0.1) is 0 Å². The van der Waals surface area contributed by atoms with Crippen molar-refractivity contribution < 1.29 is 25.4 Å². The summed E-state index contributed by atoms with van der Waals surface area (Å²) in [5, 5.41) is 0. The standard InChI is InChI=1S/C12H38O5Si6.C6H9NO/c1-20(2,3)14-18(15-21(4,5)6)13-19(16-22(7,8)9)17-23(10,11)12;1-2-7-5-3-4-6(7)8/h18-19H,1-12H3;2H,1,3-5H2. The quantitative estimate of drug-likeness (QED) is 0.356. The zero-order valence-electron chi connectivity index (χ0n) is 22.0. The average Bonchev–Trinajstić information content (AvgIpc) is 2.85. The third-order valence-electron chi connectivity index (χ3n) is 3.35. The first-order chi connectivity index (χ1) is 13.7. The zero-order chi connectivity index (χ0) is 24.7. The molecule has 7 nitrogen and oxygen atoms in total. The van der Waals surface area contributed by atoms with Crippen LogP contribution in [0.5, 0.6) is 0 Å². The van der Waals surface area contributed by atoms with Crippen molar-refractivity contribution in [3.8, 4) is 0 Å². The van der Waals surface area contributed by atoms with Crippen molar-refractivity contribution in [2.45, 2.75) is 91.4 Å². The Balaban J connectivity index is 0.000000929. The van der Waals surface area contributed by atoms with Crippen molar-refractivity contribution in [1.29, 1.82) is 0 Å². The lowest BCUT2D eigenvalue weighted by Gasteiger charge is -2.35. The normalized spacial score (nSPS) is 16.1. The summed E-state index contributed by atoms with van der Waals surface area (Å²) in [6.45, 7) is 30.4. The lowest BCUT2D eigenvalue weighted by atomic mass is 10.4. The van der Waals surface area contributed by atoms with E-state index in [1.165, 1.54) is 0 Å². The molecular formula is C18H47NO6Si6. The summed E-state index contributed by atoms with van der Waals surface area (Å²) in [7, 11) is -11.4. The summed E-state index contributed by atoms with van der Waals surface area (Å²) >= 11 is 0. The molecule has 0 aromatic carbocycles. The predicted octanol–water partition coefficient (Wildman–Crippen LogP) is 4.60. The molecule has 0 spiro atoms. The van der Waals surface area contributed by atoms with Crippen LogP contribution >= 0.6 is 0 Å². The molecule has 0 atom stereocenters. The summed E-state index contributed by atoms with van der Waals surface area (Å²) in [6, 6.07) is 0. The molecule has 1 heterocycles. The van der Waals surface area contributed by atoms with Crippen LogP contribution in [0.3, 0.4) is 0 Å². The second-order valence-corrected chi connectivity index (χ2v) is 34.4. The number of likely N-dealkylation sites (tertiary alicyclic amines) is 1. The van der Waals surface area contributed by atoms with Crippen molar-refractivity contribution in [3.63, 3.8) is 0 Å². The van der Waals surface area contributed by atoms with Crippen LogP contribution in [-0.2, 0) is 25.4 Å². The molecule has 0 unspecified atom stereocenters. The van der Waals surface area contributed by atoms with Gasteiger partial charge < -0.3 is 25.5 Å². The van der Waals surface area contributed by atoms with Crippen LogP contribution < -0.4 is 0 Å². The fourth-order valence-electron chi connectivity index (χ4n) is 2.27. The number of rotatable bonds is 11. The van der Waals surface area contributed by atoms with Crippen LogP contribution in [0, 0.1) is 0 Å². The maximum atomic E-state index is 10.7. The van der Waals surface area contributed by atoms with Crippen molar-refractivity contribution >= 4 is 58.2 Å². The molecule has 184 valence electrons. The van der Waals surface area contributed by atoms with Crippen molar-refractivity contribution in [3.05, 3.63) is 12.8 Å². The summed E-state index contributed by atoms with van der Waals surface area (Å²) in [5.41, 5.74) is 0. The Hall–Kier alpha value is 0.311. The minimum Gasteiger partial charge on any atom is -0.419 e. The van der Waals surface area contributed by atoms with Gasteiger partial charge in [0.2, 0.25) is 5.91 Å². The van der Waals surface area contributed by atoms with Gasteiger partial charge in [0.1, 0.15) is 0 Å². The molecule has 1 aliphatic heterocycles. The van der Waals surface area contributed by atoms with Gasteiger partial charge in [-0.1, -0.05) is 6.58 Å². The van der Waals surface area contributed by atoms with Gasteiger partial charge in [-0.3, -0.25) is 4.79 Å². The van der Waals surface area contributed by atoms with Crippen LogP contribution in [0.15, 0.2) is 12.8 Å². The molecule has 1 aliphatic rings. The zero-order valence-corrected chi connectivity index (χ0v) is 28.3. The average molecular weight is 542 g/mol. The monoisotopic (exact) mass is 541 g/mol. The van der Waals surface area contributed by atoms with Crippen LogP contribution in [-0.4, -0.2) is 69.7 Å². The van der Waals surface area contributed by atoms with Gasteiger partial charge in [0.15, 0.2) is 33.3 Å². The van der Waals surface area contributed by atoms with E-state index in [1.807, 2.05) is 0 Å². The molecular weight excluding hydrogens is 495 g/mol. The fourth-order valence-corrected chi connectivity index (χ4v) is 16.4. The molecule has 0 N–H and O–H groups in total. The van der Waals surface area contributed by atoms with E-state index in [0.29, 0.717) is 6.42 Å². The number of carbonyl (C=O) groups is 1. The molecule has 0 bridgehead atoms. The summed E-state index contributed by atoms with van der Waals surface area (Å²) in [6.07, 6.45) is 3.28. The highest BCUT2D eigenvalue weighted by Gasteiger charge is 2.37. The largest absolute Gasteiger partial charge is 0.455 e. The first-order valence-electron chi connectivity index (χ1n) is 11.0. The Morgan fingerprint density at radius 2 is 1.06 bits per heavy atom. The van der Waals surface area contributed by atoms with E-state index in [2.05, 4.69) is 85.1 Å². The van der Waals surface area contributed by atoms with Gasteiger partial charge in [0.25, 0.3) is 0 Å². The number of carbonyl (C=O) groups excluding carboxylic acids is 1. The van der Waals surface area contributed by atoms with E-state index in [1.54, 1.807) is 11.1 Å². The maximum Gasteiger partial charge on any atom is 0.455 e. The van der Waals surface area contributed by atoms with Gasteiger partial charge in [-0.05, 0) is 91.2 Å². The minimum absolute atomic E-state index is 0.208. The van der Waals surface area contributed by atoms with Crippen molar-refractivity contribution in [1.82, 2.24) is 4.90 Å². The summed E-state index contributed by atoms with van der Waals surface area (Å²) in [5.74, 6) is 0.208. The van der Waals surface area contributed by atoms with Gasteiger partial charge in [-0.2, -0.15) is 0 Å².